The third-order valence-corrected chi connectivity index (χ3v) is 4.93. The van der Waals surface area contributed by atoms with E-state index in [-0.39, 0.29) is 6.10 Å². The van der Waals surface area contributed by atoms with Crippen LogP contribution in [0.15, 0.2) is 24.4 Å². The van der Waals surface area contributed by atoms with E-state index in [1.54, 1.807) is 17.5 Å². The molecule has 5 N–H and O–H groups in total. The van der Waals surface area contributed by atoms with Gasteiger partial charge in [-0.15, -0.1) is 11.3 Å². The first kappa shape index (κ1) is 12.6. The van der Waals surface area contributed by atoms with Crippen LogP contribution in [-0.4, -0.2) is 32.4 Å². The number of hydrogen-bond acceptors (Lipinski definition) is 6. The first-order valence-corrected chi connectivity index (χ1v) is 7.65. The topological polar surface area (TPSA) is 99.9 Å². The van der Waals surface area contributed by atoms with Crippen LogP contribution in [-0.2, 0) is 0 Å². The van der Waals surface area contributed by atoms with Crippen LogP contribution in [0.2, 0.25) is 0 Å². The number of aliphatic hydroxyl groups is 1. The van der Waals surface area contributed by atoms with Gasteiger partial charge in [-0.1, -0.05) is 0 Å². The fraction of sp³-hybridized carbons (Fsp3) is 0.286. The molecule has 6 nitrogen and oxygen atoms in total. The molecule has 1 aliphatic carbocycles. The van der Waals surface area contributed by atoms with Gasteiger partial charge in [0.25, 0.3) is 0 Å². The number of aliphatic hydroxyl groups excluding tert-OH is 1. The van der Waals surface area contributed by atoms with Crippen molar-refractivity contribution >= 4 is 33.1 Å². The first-order chi connectivity index (χ1) is 10.2. The highest BCUT2D eigenvalue weighted by Gasteiger charge is 2.27. The predicted molar refractivity (Wildman–Crippen MR) is 84.3 cm³/mol. The zero-order valence-electron chi connectivity index (χ0n) is 11.2. The maximum absolute atomic E-state index is 9.41. The molecule has 21 heavy (non-hydrogen) atoms. The molecule has 3 aromatic heterocycles. The Hall–Kier alpha value is -2.12. The number of nitrogens with two attached hydrogens (primary N) is 1. The normalized spacial score (nSPS) is 21.4. The van der Waals surface area contributed by atoms with Crippen molar-refractivity contribution in [1.82, 2.24) is 15.2 Å². The highest BCUT2D eigenvalue weighted by molar-refractivity contribution is 7.22. The number of rotatable bonds is 3. The summed E-state index contributed by atoms with van der Waals surface area (Å²) in [6.07, 6.45) is 3.11. The molecular weight excluding hydrogens is 286 g/mol. The average molecular weight is 301 g/mol. The van der Waals surface area contributed by atoms with Crippen LogP contribution in [0.4, 0.5) is 11.5 Å². The second kappa shape index (κ2) is 4.71. The standard InChI is InChI=1S/C14H15N5OS/c15-13-6-11(17-7-3-8(20)4-7)14-10(18-13)5-12(21-14)9-1-2-16-19-9/h1-2,5-8,20H,3-4H2,(H,16,19)(H3,15,17,18). The molecule has 0 bridgehead atoms. The Kier molecular flexibility index (Phi) is 2.83. The summed E-state index contributed by atoms with van der Waals surface area (Å²) in [6, 6.07) is 6.12. The molecule has 0 aromatic carbocycles. The summed E-state index contributed by atoms with van der Waals surface area (Å²) < 4.78 is 1.08. The highest BCUT2D eigenvalue weighted by atomic mass is 32.1. The van der Waals surface area contributed by atoms with Crippen LogP contribution in [0.1, 0.15) is 12.8 Å². The Bertz CT molecular complexity index is 776. The molecule has 1 saturated carbocycles. The summed E-state index contributed by atoms with van der Waals surface area (Å²) in [7, 11) is 0. The number of hydrogen-bond donors (Lipinski definition) is 4. The largest absolute Gasteiger partial charge is 0.393 e. The fourth-order valence-corrected chi connectivity index (χ4v) is 3.65. The Morgan fingerprint density at radius 3 is 2.95 bits per heavy atom. The zero-order chi connectivity index (χ0) is 14.4. The second-order valence-electron chi connectivity index (χ2n) is 5.36. The molecule has 108 valence electrons. The van der Waals surface area contributed by atoms with Crippen molar-refractivity contribution in [3.05, 3.63) is 24.4 Å². The summed E-state index contributed by atoms with van der Waals surface area (Å²) in [5.74, 6) is 0.499. The lowest BCUT2D eigenvalue weighted by Gasteiger charge is -2.32. The maximum atomic E-state index is 9.41. The van der Waals surface area contributed by atoms with E-state index in [0.29, 0.717) is 11.9 Å². The molecule has 0 spiro atoms. The van der Waals surface area contributed by atoms with Crippen molar-refractivity contribution in [2.75, 3.05) is 11.1 Å². The molecule has 0 radical (unpaired) electrons. The van der Waals surface area contributed by atoms with E-state index < -0.39 is 0 Å². The zero-order valence-corrected chi connectivity index (χ0v) is 12.0. The molecule has 0 aliphatic heterocycles. The molecule has 7 heteroatoms. The molecule has 0 atom stereocenters. The van der Waals surface area contributed by atoms with E-state index in [9.17, 15) is 5.11 Å². The third-order valence-electron chi connectivity index (χ3n) is 3.74. The minimum absolute atomic E-state index is 0.180. The number of aromatic amines is 1. The summed E-state index contributed by atoms with van der Waals surface area (Å²) in [4.78, 5) is 5.48. The predicted octanol–water partition coefficient (Wildman–Crippen LogP) is 2.20. The van der Waals surface area contributed by atoms with Crippen molar-refractivity contribution in [2.24, 2.45) is 0 Å². The SMILES string of the molecule is Nc1cc(NC2CC(O)C2)c2sc(-c3ccn[nH]3)cc2n1. The number of H-pyrrole nitrogens is 1. The van der Waals surface area contributed by atoms with Gasteiger partial charge in [0, 0.05) is 18.3 Å². The van der Waals surface area contributed by atoms with E-state index in [2.05, 4.69) is 20.5 Å². The van der Waals surface area contributed by atoms with Gasteiger partial charge in [0.2, 0.25) is 0 Å². The molecule has 0 amide bonds. The van der Waals surface area contributed by atoms with Gasteiger partial charge < -0.3 is 16.2 Å². The lowest BCUT2D eigenvalue weighted by molar-refractivity contribution is 0.0837. The van der Waals surface area contributed by atoms with Gasteiger partial charge in [-0.25, -0.2) is 4.98 Å². The van der Waals surface area contributed by atoms with Crippen LogP contribution < -0.4 is 11.1 Å². The van der Waals surface area contributed by atoms with Crippen molar-refractivity contribution < 1.29 is 5.11 Å². The lowest BCUT2D eigenvalue weighted by Crippen LogP contribution is -2.38. The van der Waals surface area contributed by atoms with Gasteiger partial charge in [0.05, 0.1) is 32.6 Å². The number of aromatic nitrogens is 3. The first-order valence-electron chi connectivity index (χ1n) is 6.83. The van der Waals surface area contributed by atoms with Crippen molar-refractivity contribution in [3.63, 3.8) is 0 Å². The number of fused-ring (bicyclic) bond motifs is 1. The smallest absolute Gasteiger partial charge is 0.126 e. The summed E-state index contributed by atoms with van der Waals surface area (Å²) >= 11 is 1.65. The van der Waals surface area contributed by atoms with E-state index in [1.165, 1.54) is 0 Å². The minimum atomic E-state index is -0.180. The second-order valence-corrected chi connectivity index (χ2v) is 6.41. The number of anilines is 2. The molecule has 1 aliphatic rings. The summed E-state index contributed by atoms with van der Waals surface area (Å²) in [6.45, 7) is 0. The van der Waals surface area contributed by atoms with E-state index in [4.69, 9.17) is 5.73 Å². The molecule has 1 fully saturated rings. The van der Waals surface area contributed by atoms with Gasteiger partial charge in [-0.2, -0.15) is 5.10 Å². The Labute approximate surface area is 125 Å². The third kappa shape index (κ3) is 2.24. The van der Waals surface area contributed by atoms with Gasteiger partial charge in [-0.3, -0.25) is 5.10 Å². The maximum Gasteiger partial charge on any atom is 0.126 e. The van der Waals surface area contributed by atoms with Crippen LogP contribution >= 0.6 is 11.3 Å². The number of nitrogens with zero attached hydrogens (tertiary/aromatic N) is 2. The quantitative estimate of drug-likeness (QED) is 0.594. The van der Waals surface area contributed by atoms with Crippen LogP contribution in [0.3, 0.4) is 0 Å². The Balaban J connectivity index is 1.75. The molecule has 0 unspecified atom stereocenters. The number of pyridine rings is 1. The number of nitrogens with one attached hydrogen (secondary N) is 2. The lowest BCUT2D eigenvalue weighted by atomic mass is 9.89. The molecule has 4 rings (SSSR count). The van der Waals surface area contributed by atoms with Gasteiger partial charge >= 0.3 is 0 Å². The molecular formula is C14H15N5OS. The van der Waals surface area contributed by atoms with Crippen LogP contribution in [0, 0.1) is 0 Å². The summed E-state index contributed by atoms with van der Waals surface area (Å²) in [5.41, 5.74) is 8.75. The average Bonchev–Trinajstić information content (AvgIpc) is 3.04. The fourth-order valence-electron chi connectivity index (χ4n) is 2.60. The Morgan fingerprint density at radius 1 is 1.38 bits per heavy atom. The highest BCUT2D eigenvalue weighted by Crippen LogP contribution is 2.38. The summed E-state index contributed by atoms with van der Waals surface area (Å²) in [5, 5.41) is 19.8. The van der Waals surface area contributed by atoms with Crippen molar-refractivity contribution in [2.45, 2.75) is 25.0 Å². The van der Waals surface area contributed by atoms with Crippen molar-refractivity contribution in [1.29, 1.82) is 0 Å². The van der Waals surface area contributed by atoms with Gasteiger partial charge in [-0.05, 0) is 25.0 Å². The molecule has 3 aromatic rings. The van der Waals surface area contributed by atoms with E-state index >= 15 is 0 Å². The monoisotopic (exact) mass is 301 g/mol. The van der Waals surface area contributed by atoms with E-state index in [1.807, 2.05) is 18.2 Å². The molecule has 3 heterocycles. The van der Waals surface area contributed by atoms with E-state index in [0.717, 1.165) is 39.3 Å². The van der Waals surface area contributed by atoms with Crippen molar-refractivity contribution in [3.8, 4) is 10.6 Å². The minimum Gasteiger partial charge on any atom is -0.393 e. The molecule has 0 saturated heterocycles. The van der Waals surface area contributed by atoms with Crippen LogP contribution in [0.5, 0.6) is 0 Å². The van der Waals surface area contributed by atoms with Crippen LogP contribution in [0.25, 0.3) is 20.8 Å². The Morgan fingerprint density at radius 2 is 2.24 bits per heavy atom. The van der Waals surface area contributed by atoms with Gasteiger partial charge in [0.1, 0.15) is 5.82 Å². The van der Waals surface area contributed by atoms with Gasteiger partial charge in [0.15, 0.2) is 0 Å². The number of nitrogen functional groups attached to an aromatic ring is 1. The number of thiophene rings is 1.